The van der Waals surface area contributed by atoms with E-state index in [2.05, 4.69) is 6.58 Å². The fraction of sp³-hybridized carbons (Fsp3) is 0.444. The Morgan fingerprint density at radius 3 is 2.48 bits per heavy atom. The Balaban J connectivity index is 1.89. The van der Waals surface area contributed by atoms with Gasteiger partial charge in [0.1, 0.15) is 6.10 Å². The second-order valence-corrected chi connectivity index (χ2v) is 6.68. The van der Waals surface area contributed by atoms with E-state index < -0.39 is 6.10 Å². The Bertz CT molecular complexity index is 643. The number of carbonyl (C=O) groups is 2. The van der Waals surface area contributed by atoms with Crippen LogP contribution in [0.3, 0.4) is 0 Å². The third kappa shape index (κ3) is 5.21. The SMILES string of the molecule is C=CCCOC(C)C(=O)N1CCN(C(=O)c2ccc(Cl)cc2Cl)CC1. The fourth-order valence-electron chi connectivity index (χ4n) is 2.62. The summed E-state index contributed by atoms with van der Waals surface area (Å²) < 4.78 is 5.49. The Kier molecular flexibility index (Phi) is 7.29. The smallest absolute Gasteiger partial charge is 0.255 e. The van der Waals surface area contributed by atoms with E-state index in [1.54, 1.807) is 41.0 Å². The first-order valence-corrected chi connectivity index (χ1v) is 8.95. The van der Waals surface area contributed by atoms with Gasteiger partial charge in [-0.3, -0.25) is 9.59 Å². The molecule has 136 valence electrons. The minimum absolute atomic E-state index is 0.0549. The first-order chi connectivity index (χ1) is 11.9. The lowest BCUT2D eigenvalue weighted by Crippen LogP contribution is -2.52. The number of benzene rings is 1. The van der Waals surface area contributed by atoms with Crippen LogP contribution in [0.4, 0.5) is 0 Å². The highest BCUT2D eigenvalue weighted by atomic mass is 35.5. The Morgan fingerprint density at radius 1 is 1.24 bits per heavy atom. The predicted octanol–water partition coefficient (Wildman–Crippen LogP) is 3.26. The minimum atomic E-state index is -0.493. The van der Waals surface area contributed by atoms with E-state index in [4.69, 9.17) is 27.9 Å². The lowest BCUT2D eigenvalue weighted by Gasteiger charge is -2.36. The van der Waals surface area contributed by atoms with Crippen LogP contribution in [0.1, 0.15) is 23.7 Å². The number of halogens is 2. The molecule has 1 heterocycles. The van der Waals surface area contributed by atoms with Gasteiger partial charge in [-0.05, 0) is 31.5 Å². The lowest BCUT2D eigenvalue weighted by molar-refractivity contribution is -0.144. The van der Waals surface area contributed by atoms with Gasteiger partial charge in [0.25, 0.3) is 11.8 Å². The molecule has 0 spiro atoms. The van der Waals surface area contributed by atoms with E-state index in [1.165, 1.54) is 0 Å². The summed E-state index contributed by atoms with van der Waals surface area (Å²) in [5.41, 5.74) is 0.423. The molecule has 1 fully saturated rings. The molecule has 0 bridgehead atoms. The quantitative estimate of drug-likeness (QED) is 0.558. The highest BCUT2D eigenvalue weighted by Gasteiger charge is 2.28. The summed E-state index contributed by atoms with van der Waals surface area (Å²) in [4.78, 5) is 28.4. The van der Waals surface area contributed by atoms with E-state index in [1.807, 2.05) is 0 Å². The van der Waals surface area contributed by atoms with Gasteiger partial charge in [-0.15, -0.1) is 6.58 Å². The van der Waals surface area contributed by atoms with Crippen molar-refractivity contribution in [3.63, 3.8) is 0 Å². The fourth-order valence-corrected chi connectivity index (χ4v) is 3.11. The summed E-state index contributed by atoms with van der Waals surface area (Å²) in [6, 6.07) is 4.82. The molecule has 7 heteroatoms. The zero-order valence-electron chi connectivity index (χ0n) is 14.2. The lowest BCUT2D eigenvalue weighted by atomic mass is 10.1. The summed E-state index contributed by atoms with van der Waals surface area (Å²) in [5, 5.41) is 0.822. The molecule has 2 rings (SSSR count). The Morgan fingerprint density at radius 2 is 1.88 bits per heavy atom. The van der Waals surface area contributed by atoms with Crippen molar-refractivity contribution in [2.24, 2.45) is 0 Å². The zero-order valence-corrected chi connectivity index (χ0v) is 15.7. The molecule has 25 heavy (non-hydrogen) atoms. The summed E-state index contributed by atoms with van der Waals surface area (Å²) in [7, 11) is 0. The molecule has 1 aliphatic heterocycles. The molecule has 1 aromatic carbocycles. The van der Waals surface area contributed by atoms with Gasteiger partial charge in [-0.1, -0.05) is 29.3 Å². The van der Waals surface area contributed by atoms with Crippen molar-refractivity contribution in [1.82, 2.24) is 9.80 Å². The van der Waals surface area contributed by atoms with Crippen LogP contribution in [0.25, 0.3) is 0 Å². The average Bonchev–Trinajstić information content (AvgIpc) is 2.61. The normalized spacial score (nSPS) is 15.8. The van der Waals surface area contributed by atoms with Crippen molar-refractivity contribution in [2.75, 3.05) is 32.8 Å². The molecule has 1 saturated heterocycles. The van der Waals surface area contributed by atoms with Gasteiger partial charge >= 0.3 is 0 Å². The van der Waals surface area contributed by atoms with Crippen LogP contribution in [0, 0.1) is 0 Å². The van der Waals surface area contributed by atoms with Gasteiger partial charge in [0.2, 0.25) is 0 Å². The van der Waals surface area contributed by atoms with Crippen molar-refractivity contribution in [2.45, 2.75) is 19.4 Å². The van der Waals surface area contributed by atoms with Crippen LogP contribution < -0.4 is 0 Å². The number of nitrogens with zero attached hydrogens (tertiary/aromatic N) is 2. The zero-order chi connectivity index (χ0) is 18.4. The number of hydrogen-bond donors (Lipinski definition) is 0. The molecule has 1 atom stereocenters. The van der Waals surface area contributed by atoms with Crippen LogP contribution in [0.5, 0.6) is 0 Å². The molecule has 5 nitrogen and oxygen atoms in total. The summed E-state index contributed by atoms with van der Waals surface area (Å²) in [6.45, 7) is 7.72. The average molecular weight is 385 g/mol. The maximum absolute atomic E-state index is 12.6. The Labute approximate surface area is 158 Å². The van der Waals surface area contributed by atoms with E-state index in [9.17, 15) is 9.59 Å². The molecule has 0 N–H and O–H groups in total. The van der Waals surface area contributed by atoms with Gasteiger partial charge in [-0.2, -0.15) is 0 Å². The molecule has 0 saturated carbocycles. The molecule has 0 aliphatic carbocycles. The van der Waals surface area contributed by atoms with Gasteiger partial charge in [0.05, 0.1) is 17.2 Å². The number of hydrogen-bond acceptors (Lipinski definition) is 3. The second kappa shape index (κ2) is 9.22. The standard InChI is InChI=1S/C18H22Cl2N2O3/c1-3-4-11-25-13(2)17(23)21-7-9-22(10-8-21)18(24)15-6-5-14(19)12-16(15)20/h3,5-6,12-13H,1,4,7-11H2,2H3. The number of amides is 2. The van der Waals surface area contributed by atoms with Crippen molar-refractivity contribution >= 4 is 35.0 Å². The first-order valence-electron chi connectivity index (χ1n) is 8.19. The number of ether oxygens (including phenoxy) is 1. The molecule has 0 aromatic heterocycles. The van der Waals surface area contributed by atoms with Crippen LogP contribution in [-0.2, 0) is 9.53 Å². The molecular weight excluding hydrogens is 363 g/mol. The number of carbonyl (C=O) groups excluding carboxylic acids is 2. The van der Waals surface area contributed by atoms with Crippen molar-refractivity contribution in [1.29, 1.82) is 0 Å². The van der Waals surface area contributed by atoms with Crippen molar-refractivity contribution < 1.29 is 14.3 Å². The molecular formula is C18H22Cl2N2O3. The molecule has 1 aliphatic rings. The third-order valence-corrected chi connectivity index (χ3v) is 4.63. The highest BCUT2D eigenvalue weighted by Crippen LogP contribution is 2.23. The van der Waals surface area contributed by atoms with E-state index >= 15 is 0 Å². The van der Waals surface area contributed by atoms with E-state index in [0.717, 1.165) is 0 Å². The summed E-state index contributed by atoms with van der Waals surface area (Å²) >= 11 is 12.0. The molecule has 2 amide bonds. The van der Waals surface area contributed by atoms with Gasteiger partial charge in [-0.25, -0.2) is 0 Å². The van der Waals surface area contributed by atoms with Gasteiger partial charge in [0.15, 0.2) is 0 Å². The van der Waals surface area contributed by atoms with Crippen LogP contribution in [0.2, 0.25) is 10.0 Å². The van der Waals surface area contributed by atoms with Gasteiger partial charge < -0.3 is 14.5 Å². The Hall–Kier alpha value is -1.56. The minimum Gasteiger partial charge on any atom is -0.368 e. The monoisotopic (exact) mass is 384 g/mol. The predicted molar refractivity (Wildman–Crippen MR) is 99.2 cm³/mol. The number of rotatable bonds is 6. The second-order valence-electron chi connectivity index (χ2n) is 5.83. The third-order valence-electron chi connectivity index (χ3n) is 4.08. The number of piperazine rings is 1. The largest absolute Gasteiger partial charge is 0.368 e. The highest BCUT2D eigenvalue weighted by molar-refractivity contribution is 6.36. The summed E-state index contributed by atoms with van der Waals surface area (Å²) in [6.07, 6.45) is 1.97. The molecule has 0 radical (unpaired) electrons. The first kappa shape index (κ1) is 19.8. The van der Waals surface area contributed by atoms with E-state index in [-0.39, 0.29) is 11.8 Å². The molecule has 1 aromatic rings. The molecule has 1 unspecified atom stereocenters. The van der Waals surface area contributed by atoms with Gasteiger partial charge in [0, 0.05) is 31.2 Å². The topological polar surface area (TPSA) is 49.9 Å². The van der Waals surface area contributed by atoms with E-state index in [0.29, 0.717) is 54.8 Å². The van der Waals surface area contributed by atoms with Crippen molar-refractivity contribution in [3.05, 3.63) is 46.5 Å². The van der Waals surface area contributed by atoms with Crippen LogP contribution >= 0.6 is 23.2 Å². The summed E-state index contributed by atoms with van der Waals surface area (Å²) in [5.74, 6) is -0.204. The maximum atomic E-state index is 12.6. The van der Waals surface area contributed by atoms with Crippen LogP contribution in [-0.4, -0.2) is 60.5 Å². The maximum Gasteiger partial charge on any atom is 0.255 e. The van der Waals surface area contributed by atoms with Crippen LogP contribution in [0.15, 0.2) is 30.9 Å². The van der Waals surface area contributed by atoms with Crippen molar-refractivity contribution in [3.8, 4) is 0 Å².